The molecule has 1 atom stereocenters. The molecule has 1 N–H and O–H groups in total. The summed E-state index contributed by atoms with van der Waals surface area (Å²) >= 11 is 6.12. The molecule has 2 heterocycles. The molecule has 0 bridgehead atoms. The molecule has 3 aromatic rings. The number of carbonyl (C=O) groups excluding carboxylic acids is 2. The molecule has 36 heavy (non-hydrogen) atoms. The molecule has 0 spiro atoms. The highest BCUT2D eigenvalue weighted by Gasteiger charge is 2.28. The lowest BCUT2D eigenvalue weighted by atomic mass is 10.0. The van der Waals surface area contributed by atoms with Crippen LogP contribution in [0.15, 0.2) is 42.5 Å². The van der Waals surface area contributed by atoms with Crippen LogP contribution in [0.5, 0.6) is 5.75 Å². The fourth-order valence-corrected chi connectivity index (χ4v) is 4.98. The Morgan fingerprint density at radius 3 is 2.56 bits per heavy atom. The van der Waals surface area contributed by atoms with Gasteiger partial charge in [-0.1, -0.05) is 35.9 Å². The lowest BCUT2D eigenvalue weighted by Gasteiger charge is -2.27. The van der Waals surface area contributed by atoms with E-state index < -0.39 is 12.0 Å². The molecule has 1 aliphatic rings. The highest BCUT2D eigenvalue weighted by molar-refractivity contribution is 6.30. The summed E-state index contributed by atoms with van der Waals surface area (Å²) in [5, 5.41) is 4.24. The van der Waals surface area contributed by atoms with Crippen LogP contribution in [0.2, 0.25) is 5.02 Å². The van der Waals surface area contributed by atoms with E-state index in [4.69, 9.17) is 25.8 Å². The highest BCUT2D eigenvalue weighted by atomic mass is 35.5. The van der Waals surface area contributed by atoms with Crippen molar-refractivity contribution in [3.05, 3.63) is 64.3 Å². The third-order valence-corrected chi connectivity index (χ3v) is 6.85. The number of benzene rings is 2. The van der Waals surface area contributed by atoms with Crippen molar-refractivity contribution in [1.29, 1.82) is 0 Å². The van der Waals surface area contributed by atoms with Gasteiger partial charge in [-0.05, 0) is 30.7 Å². The summed E-state index contributed by atoms with van der Waals surface area (Å²) in [6.45, 7) is 6.66. The first kappa shape index (κ1) is 26.0. The topological polar surface area (TPSA) is 82.0 Å². The second-order valence-corrected chi connectivity index (χ2v) is 9.24. The molecule has 1 aliphatic heterocycles. The number of para-hydroxylation sites is 1. The van der Waals surface area contributed by atoms with E-state index in [9.17, 15) is 9.59 Å². The van der Waals surface area contributed by atoms with E-state index in [1.165, 1.54) is 7.11 Å². The number of amides is 1. The number of hydrogen-bond donors (Lipinski definition) is 1. The molecule has 9 heteroatoms. The number of morpholine rings is 1. The number of ether oxygens (including phenoxy) is 3. The Labute approximate surface area is 216 Å². The van der Waals surface area contributed by atoms with Crippen LogP contribution in [0.4, 0.5) is 0 Å². The van der Waals surface area contributed by atoms with Gasteiger partial charge in [0.15, 0.2) is 0 Å². The van der Waals surface area contributed by atoms with Gasteiger partial charge in [0.25, 0.3) is 5.91 Å². The average molecular weight is 514 g/mol. The summed E-state index contributed by atoms with van der Waals surface area (Å²) in [6.07, 6.45) is 0.261. The van der Waals surface area contributed by atoms with Crippen molar-refractivity contribution in [3.8, 4) is 5.75 Å². The van der Waals surface area contributed by atoms with Gasteiger partial charge in [-0.15, -0.1) is 0 Å². The first-order valence-corrected chi connectivity index (χ1v) is 12.4. The number of rotatable bonds is 9. The zero-order chi connectivity index (χ0) is 25.7. The second kappa shape index (κ2) is 11.8. The monoisotopic (exact) mass is 513 g/mol. The number of esters is 1. The van der Waals surface area contributed by atoms with Gasteiger partial charge in [-0.2, -0.15) is 0 Å². The van der Waals surface area contributed by atoms with Crippen molar-refractivity contribution in [2.24, 2.45) is 0 Å². The molecule has 1 fully saturated rings. The number of aromatic nitrogens is 1. The standard InChI is InChI=1S/C27H32ClN3O5/c1-18-24(26(32)29-22(27(33)35-3)17-19-6-4-7-20(28)16-19)21-8-5-9-23(34-2)25(21)31(18)11-10-30-12-14-36-15-13-30/h4-9,16,22H,10-15,17H2,1-3H3,(H,29,32)/t22-/m0/s1. The van der Waals surface area contributed by atoms with Crippen LogP contribution in [0.25, 0.3) is 10.9 Å². The van der Waals surface area contributed by atoms with Crippen molar-refractivity contribution in [3.63, 3.8) is 0 Å². The number of methoxy groups -OCH3 is 2. The van der Waals surface area contributed by atoms with Crippen LogP contribution in [-0.4, -0.2) is 74.5 Å². The second-order valence-electron chi connectivity index (χ2n) is 8.81. The summed E-state index contributed by atoms with van der Waals surface area (Å²) in [5.41, 5.74) is 3.02. The first-order valence-electron chi connectivity index (χ1n) is 12.0. The maximum atomic E-state index is 13.7. The van der Waals surface area contributed by atoms with E-state index in [-0.39, 0.29) is 12.3 Å². The van der Waals surface area contributed by atoms with Gasteiger partial charge in [0.2, 0.25) is 0 Å². The Morgan fingerprint density at radius 2 is 1.86 bits per heavy atom. The number of carbonyl (C=O) groups is 2. The van der Waals surface area contributed by atoms with E-state index in [1.807, 2.05) is 37.3 Å². The van der Waals surface area contributed by atoms with E-state index in [1.54, 1.807) is 19.2 Å². The molecular formula is C27H32ClN3O5. The third kappa shape index (κ3) is 5.67. The lowest BCUT2D eigenvalue weighted by Crippen LogP contribution is -2.43. The van der Waals surface area contributed by atoms with Crippen LogP contribution < -0.4 is 10.1 Å². The molecule has 0 aliphatic carbocycles. The van der Waals surface area contributed by atoms with Crippen LogP contribution >= 0.6 is 11.6 Å². The normalized spacial score (nSPS) is 15.0. The molecule has 192 valence electrons. The van der Waals surface area contributed by atoms with Crippen molar-refractivity contribution in [1.82, 2.24) is 14.8 Å². The van der Waals surface area contributed by atoms with Gasteiger partial charge < -0.3 is 24.1 Å². The Bertz CT molecular complexity index is 1240. The summed E-state index contributed by atoms with van der Waals surface area (Å²) in [6, 6.07) is 12.0. The third-order valence-electron chi connectivity index (χ3n) is 6.62. The SMILES string of the molecule is COC(=O)[C@H](Cc1cccc(Cl)c1)NC(=O)c1c(C)n(CCN2CCOCC2)c2c(OC)cccc12. The number of nitrogens with zero attached hydrogens (tertiary/aromatic N) is 2. The summed E-state index contributed by atoms with van der Waals surface area (Å²) in [4.78, 5) is 28.6. The average Bonchev–Trinajstić information content (AvgIpc) is 3.18. The lowest BCUT2D eigenvalue weighted by molar-refractivity contribution is -0.142. The van der Waals surface area contributed by atoms with Crippen molar-refractivity contribution < 1.29 is 23.8 Å². The summed E-state index contributed by atoms with van der Waals surface area (Å²) in [7, 11) is 2.94. The first-order chi connectivity index (χ1) is 17.4. The van der Waals surface area contributed by atoms with E-state index in [0.29, 0.717) is 22.9 Å². The Balaban J connectivity index is 1.65. The van der Waals surface area contributed by atoms with E-state index >= 15 is 0 Å². The fourth-order valence-electron chi connectivity index (χ4n) is 4.76. The quantitative estimate of drug-likeness (QED) is 0.441. The molecule has 2 aromatic carbocycles. The molecule has 4 rings (SSSR count). The number of halogens is 1. The van der Waals surface area contributed by atoms with Gasteiger partial charge in [0.1, 0.15) is 11.8 Å². The molecule has 0 saturated carbocycles. The smallest absolute Gasteiger partial charge is 0.328 e. The maximum absolute atomic E-state index is 13.7. The van der Waals surface area contributed by atoms with Crippen LogP contribution in [0.1, 0.15) is 21.6 Å². The van der Waals surface area contributed by atoms with E-state index in [0.717, 1.165) is 55.0 Å². The minimum absolute atomic E-state index is 0.261. The van der Waals surface area contributed by atoms with E-state index in [2.05, 4.69) is 14.8 Å². The molecule has 1 amide bonds. The predicted molar refractivity (Wildman–Crippen MR) is 139 cm³/mol. The molecule has 8 nitrogen and oxygen atoms in total. The zero-order valence-electron chi connectivity index (χ0n) is 20.9. The van der Waals surface area contributed by atoms with Crippen molar-refractivity contribution in [2.45, 2.75) is 25.9 Å². The van der Waals surface area contributed by atoms with Crippen LogP contribution in [-0.2, 0) is 27.2 Å². The number of fused-ring (bicyclic) bond motifs is 1. The highest BCUT2D eigenvalue weighted by Crippen LogP contribution is 2.33. The molecule has 1 saturated heterocycles. The van der Waals surface area contributed by atoms with Gasteiger partial charge >= 0.3 is 5.97 Å². The zero-order valence-corrected chi connectivity index (χ0v) is 21.6. The Hall–Kier alpha value is -3.07. The summed E-state index contributed by atoms with van der Waals surface area (Å²) in [5.74, 6) is -0.164. The number of nitrogens with one attached hydrogen (secondary N) is 1. The minimum Gasteiger partial charge on any atom is -0.495 e. The largest absolute Gasteiger partial charge is 0.495 e. The minimum atomic E-state index is -0.863. The Kier molecular flexibility index (Phi) is 8.51. The predicted octanol–water partition coefficient (Wildman–Crippen LogP) is 3.46. The molecule has 1 aromatic heterocycles. The summed E-state index contributed by atoms with van der Waals surface area (Å²) < 4.78 is 18.2. The van der Waals surface area contributed by atoms with Gasteiger partial charge in [-0.25, -0.2) is 4.79 Å². The van der Waals surface area contributed by atoms with Gasteiger partial charge in [-0.3, -0.25) is 9.69 Å². The van der Waals surface area contributed by atoms with Crippen LogP contribution in [0, 0.1) is 6.92 Å². The van der Waals surface area contributed by atoms with Gasteiger partial charge in [0.05, 0.1) is 38.5 Å². The number of hydrogen-bond acceptors (Lipinski definition) is 6. The van der Waals surface area contributed by atoms with Crippen molar-refractivity contribution in [2.75, 3.05) is 47.1 Å². The Morgan fingerprint density at radius 1 is 1.11 bits per heavy atom. The van der Waals surface area contributed by atoms with Gasteiger partial charge in [0, 0.05) is 48.7 Å². The fraction of sp³-hybridized carbons (Fsp3) is 0.407. The molecular weight excluding hydrogens is 482 g/mol. The maximum Gasteiger partial charge on any atom is 0.328 e. The molecule has 0 radical (unpaired) electrons. The van der Waals surface area contributed by atoms with Crippen molar-refractivity contribution >= 4 is 34.4 Å². The van der Waals surface area contributed by atoms with Crippen LogP contribution in [0.3, 0.4) is 0 Å². The molecule has 0 unspecified atom stereocenters.